The SMILES string of the molecule is C=C1CCC2C(CO)C(C3(C)CCC(O)CC3CNc3cccc(F)c3)CCC12C. The Morgan fingerprint density at radius 2 is 1.97 bits per heavy atom. The van der Waals surface area contributed by atoms with Gasteiger partial charge in [0.2, 0.25) is 0 Å². The Morgan fingerprint density at radius 3 is 2.70 bits per heavy atom. The van der Waals surface area contributed by atoms with Gasteiger partial charge >= 0.3 is 0 Å². The third kappa shape index (κ3) is 3.71. The van der Waals surface area contributed by atoms with Crippen molar-refractivity contribution >= 4 is 5.69 Å². The van der Waals surface area contributed by atoms with E-state index < -0.39 is 0 Å². The van der Waals surface area contributed by atoms with Gasteiger partial charge in [-0.1, -0.05) is 32.1 Å². The lowest BCUT2D eigenvalue weighted by molar-refractivity contribution is -0.0904. The van der Waals surface area contributed by atoms with Crippen LogP contribution in [0.3, 0.4) is 0 Å². The van der Waals surface area contributed by atoms with Crippen LogP contribution in [-0.4, -0.2) is 29.5 Å². The summed E-state index contributed by atoms with van der Waals surface area (Å²) in [6.45, 7) is 10.1. The van der Waals surface area contributed by atoms with Crippen LogP contribution in [0.4, 0.5) is 10.1 Å². The summed E-state index contributed by atoms with van der Waals surface area (Å²) in [6.07, 6.45) is 6.80. The van der Waals surface area contributed by atoms with Gasteiger partial charge in [0.1, 0.15) is 5.82 Å². The predicted octanol–water partition coefficient (Wildman–Crippen LogP) is 5.40. The van der Waals surface area contributed by atoms with Crippen molar-refractivity contribution in [2.24, 2.45) is 34.5 Å². The Labute approximate surface area is 180 Å². The van der Waals surface area contributed by atoms with E-state index in [-0.39, 0.29) is 35.3 Å². The van der Waals surface area contributed by atoms with Crippen molar-refractivity contribution in [2.45, 2.75) is 64.9 Å². The maximum absolute atomic E-state index is 13.6. The Hall–Kier alpha value is -1.39. The molecule has 3 saturated carbocycles. The molecule has 4 heteroatoms. The van der Waals surface area contributed by atoms with E-state index in [1.165, 1.54) is 17.7 Å². The minimum absolute atomic E-state index is 0.0538. The number of benzene rings is 1. The van der Waals surface area contributed by atoms with Gasteiger partial charge in [-0.15, -0.1) is 0 Å². The Kier molecular flexibility index (Phi) is 6.02. The van der Waals surface area contributed by atoms with Gasteiger partial charge in [-0.05, 0) is 97.6 Å². The van der Waals surface area contributed by atoms with Crippen molar-refractivity contribution in [3.8, 4) is 0 Å². The molecule has 0 saturated heterocycles. The Balaban J connectivity index is 1.57. The van der Waals surface area contributed by atoms with Crippen molar-refractivity contribution in [3.63, 3.8) is 0 Å². The van der Waals surface area contributed by atoms with Gasteiger partial charge in [-0.3, -0.25) is 0 Å². The van der Waals surface area contributed by atoms with Crippen LogP contribution in [-0.2, 0) is 0 Å². The highest BCUT2D eigenvalue weighted by Crippen LogP contribution is 2.63. The van der Waals surface area contributed by atoms with Crippen molar-refractivity contribution in [2.75, 3.05) is 18.5 Å². The molecule has 166 valence electrons. The van der Waals surface area contributed by atoms with E-state index in [2.05, 4.69) is 25.7 Å². The Morgan fingerprint density at radius 1 is 1.17 bits per heavy atom. The number of aliphatic hydroxyl groups excluding tert-OH is 2. The molecular weight excluding hydrogens is 377 g/mol. The summed E-state index contributed by atoms with van der Waals surface area (Å²) in [6, 6.07) is 6.61. The van der Waals surface area contributed by atoms with Crippen LogP contribution >= 0.6 is 0 Å². The molecule has 0 aromatic heterocycles. The fraction of sp³-hybridized carbons (Fsp3) is 0.692. The molecule has 30 heavy (non-hydrogen) atoms. The molecule has 3 N–H and O–H groups in total. The van der Waals surface area contributed by atoms with Crippen LogP contribution < -0.4 is 5.32 Å². The van der Waals surface area contributed by atoms with Crippen LogP contribution in [0.15, 0.2) is 36.4 Å². The fourth-order valence-corrected chi connectivity index (χ4v) is 7.31. The number of fused-ring (bicyclic) bond motifs is 1. The maximum Gasteiger partial charge on any atom is 0.125 e. The quantitative estimate of drug-likeness (QED) is 0.565. The smallest absolute Gasteiger partial charge is 0.125 e. The fourth-order valence-electron chi connectivity index (χ4n) is 7.31. The van der Waals surface area contributed by atoms with Crippen molar-refractivity contribution in [1.29, 1.82) is 0 Å². The topological polar surface area (TPSA) is 52.5 Å². The van der Waals surface area contributed by atoms with Crippen LogP contribution in [0, 0.1) is 40.3 Å². The first-order valence-corrected chi connectivity index (χ1v) is 11.7. The molecule has 1 aromatic carbocycles. The molecule has 0 spiro atoms. The summed E-state index contributed by atoms with van der Waals surface area (Å²) in [5.41, 5.74) is 2.39. The lowest BCUT2D eigenvalue weighted by Crippen LogP contribution is -2.52. The summed E-state index contributed by atoms with van der Waals surface area (Å²) in [7, 11) is 0. The van der Waals surface area contributed by atoms with Crippen molar-refractivity contribution in [1.82, 2.24) is 0 Å². The van der Waals surface area contributed by atoms with Gasteiger partial charge in [0, 0.05) is 18.8 Å². The number of aliphatic hydroxyl groups is 2. The van der Waals surface area contributed by atoms with Crippen LogP contribution in [0.1, 0.15) is 58.8 Å². The molecule has 0 bridgehead atoms. The maximum atomic E-state index is 13.6. The number of allylic oxidation sites excluding steroid dienone is 1. The first-order valence-electron chi connectivity index (χ1n) is 11.7. The molecule has 3 nitrogen and oxygen atoms in total. The monoisotopic (exact) mass is 415 g/mol. The number of anilines is 1. The molecule has 3 aliphatic rings. The third-order valence-corrected chi connectivity index (χ3v) is 9.33. The number of hydrogen-bond acceptors (Lipinski definition) is 3. The summed E-state index contributed by atoms with van der Waals surface area (Å²) in [5, 5.41) is 24.4. The van der Waals surface area contributed by atoms with E-state index in [0.29, 0.717) is 17.8 Å². The molecule has 0 radical (unpaired) electrons. The first-order chi connectivity index (χ1) is 14.3. The summed E-state index contributed by atoms with van der Waals surface area (Å²) >= 11 is 0. The highest BCUT2D eigenvalue weighted by atomic mass is 19.1. The molecule has 0 amide bonds. The number of hydrogen-bond donors (Lipinski definition) is 3. The lowest BCUT2D eigenvalue weighted by Gasteiger charge is -2.56. The average molecular weight is 416 g/mol. The molecule has 1 aromatic rings. The van der Waals surface area contributed by atoms with Crippen LogP contribution in [0.25, 0.3) is 0 Å². The summed E-state index contributed by atoms with van der Waals surface area (Å²) in [4.78, 5) is 0. The minimum Gasteiger partial charge on any atom is -0.396 e. The van der Waals surface area contributed by atoms with Crippen LogP contribution in [0.2, 0.25) is 0 Å². The standard InChI is InChI=1S/C26H38FNO2/c1-17-7-8-23-22(16-29)24(10-12-25(17,23)2)26(3)11-9-21(30)13-18(26)15-28-20-6-4-5-19(27)14-20/h4-6,14,18,21-24,28-30H,1,7-13,15-16H2,2-3H3. The van der Waals surface area contributed by atoms with Crippen LogP contribution in [0.5, 0.6) is 0 Å². The van der Waals surface area contributed by atoms with Gasteiger partial charge in [0.25, 0.3) is 0 Å². The first kappa shape index (κ1) is 21.8. The second-order valence-corrected chi connectivity index (χ2v) is 10.7. The third-order valence-electron chi connectivity index (χ3n) is 9.33. The molecule has 0 heterocycles. The molecule has 3 fully saturated rings. The van der Waals surface area contributed by atoms with Gasteiger partial charge in [-0.2, -0.15) is 0 Å². The molecule has 7 unspecified atom stereocenters. The van der Waals surface area contributed by atoms with Gasteiger partial charge in [-0.25, -0.2) is 4.39 Å². The average Bonchev–Trinajstić information content (AvgIpc) is 3.03. The zero-order chi connectivity index (χ0) is 21.5. The van der Waals surface area contributed by atoms with Gasteiger partial charge in [0.05, 0.1) is 6.10 Å². The summed E-state index contributed by atoms with van der Waals surface area (Å²) in [5.74, 6) is 1.30. The van der Waals surface area contributed by atoms with E-state index >= 15 is 0 Å². The number of rotatable bonds is 5. The highest BCUT2D eigenvalue weighted by molar-refractivity contribution is 5.43. The molecule has 3 aliphatic carbocycles. The highest BCUT2D eigenvalue weighted by Gasteiger charge is 2.56. The largest absolute Gasteiger partial charge is 0.396 e. The number of halogens is 1. The van der Waals surface area contributed by atoms with E-state index in [1.807, 2.05) is 6.07 Å². The van der Waals surface area contributed by atoms with Crippen molar-refractivity contribution in [3.05, 3.63) is 42.2 Å². The number of nitrogens with one attached hydrogen (secondary N) is 1. The zero-order valence-corrected chi connectivity index (χ0v) is 18.5. The zero-order valence-electron chi connectivity index (χ0n) is 18.5. The second kappa shape index (κ2) is 8.27. The second-order valence-electron chi connectivity index (χ2n) is 10.7. The van der Waals surface area contributed by atoms with Crippen molar-refractivity contribution < 1.29 is 14.6 Å². The molecule has 0 aliphatic heterocycles. The Bertz CT molecular complexity index is 782. The van der Waals surface area contributed by atoms with E-state index in [1.54, 1.807) is 6.07 Å². The van der Waals surface area contributed by atoms with Gasteiger partial charge in [0.15, 0.2) is 0 Å². The molecular formula is C26H38FNO2. The lowest BCUT2D eigenvalue weighted by atomic mass is 9.49. The minimum atomic E-state index is -0.273. The predicted molar refractivity (Wildman–Crippen MR) is 120 cm³/mol. The normalized spacial score (nSPS) is 41.5. The van der Waals surface area contributed by atoms with E-state index in [4.69, 9.17) is 0 Å². The molecule has 7 atom stereocenters. The van der Waals surface area contributed by atoms with E-state index in [9.17, 15) is 14.6 Å². The summed E-state index contributed by atoms with van der Waals surface area (Å²) < 4.78 is 13.6. The molecule has 4 rings (SSSR count). The van der Waals surface area contributed by atoms with Gasteiger partial charge < -0.3 is 15.5 Å². The van der Waals surface area contributed by atoms with E-state index in [0.717, 1.165) is 57.2 Å².